The average molecular weight is 1010 g/mol. The predicted octanol–water partition coefficient (Wildman–Crippen LogP) is 1.74. The number of H-pyrrole nitrogens is 2. The van der Waals surface area contributed by atoms with E-state index in [1.165, 1.54) is 36.8 Å². The molecule has 1 aliphatic heterocycles. The second-order valence-electron chi connectivity index (χ2n) is 18.2. The number of aromatic amines is 2. The van der Waals surface area contributed by atoms with Gasteiger partial charge in [-0.05, 0) is 77.8 Å². The van der Waals surface area contributed by atoms with Crippen molar-refractivity contribution in [3.63, 3.8) is 0 Å². The largest absolute Gasteiger partial charge is 0.370 e. The summed E-state index contributed by atoms with van der Waals surface area (Å²) < 4.78 is 14.2. The topological polar surface area (TPSA) is 313 Å². The Morgan fingerprint density at radius 1 is 0.689 bits per heavy atom. The van der Waals surface area contributed by atoms with Crippen LogP contribution < -0.4 is 48.7 Å². The Morgan fingerprint density at radius 3 is 2.08 bits per heavy atom. The van der Waals surface area contributed by atoms with E-state index < -0.39 is 77.4 Å². The predicted molar refractivity (Wildman–Crippen MR) is 276 cm³/mol. The first-order valence-electron chi connectivity index (χ1n) is 24.6. The molecular weight excluding hydrogens is 950 g/mol. The lowest BCUT2D eigenvalue weighted by Crippen LogP contribution is -2.60. The number of fused-ring (bicyclic) bond motifs is 2. The molecule has 0 bridgehead atoms. The number of imidazole rings is 1. The number of aliphatic imine (C=N–C) groups is 1. The number of guanidine groups is 1. The van der Waals surface area contributed by atoms with Crippen LogP contribution in [0, 0.1) is 5.82 Å². The number of carbonyl (C=O) groups excluding carboxylic acids is 7. The van der Waals surface area contributed by atoms with Gasteiger partial charge in [-0.15, -0.1) is 0 Å². The van der Waals surface area contributed by atoms with Gasteiger partial charge in [0, 0.05) is 74.3 Å². The summed E-state index contributed by atoms with van der Waals surface area (Å²) in [5.41, 5.74) is 14.3. The molecule has 4 aromatic carbocycles. The fourth-order valence-corrected chi connectivity index (χ4v) is 8.71. The van der Waals surface area contributed by atoms with Crippen LogP contribution in [0.15, 0.2) is 115 Å². The van der Waals surface area contributed by atoms with Crippen LogP contribution in [0.3, 0.4) is 0 Å². The van der Waals surface area contributed by atoms with Gasteiger partial charge in [0.1, 0.15) is 36.0 Å². The van der Waals surface area contributed by atoms with Crippen molar-refractivity contribution < 1.29 is 38.0 Å². The van der Waals surface area contributed by atoms with Crippen LogP contribution >= 0.6 is 0 Å². The number of halogens is 1. The molecule has 5 atom stereocenters. The van der Waals surface area contributed by atoms with Crippen LogP contribution in [0.1, 0.15) is 60.9 Å². The van der Waals surface area contributed by atoms with Gasteiger partial charge < -0.3 is 58.7 Å². The van der Waals surface area contributed by atoms with Crippen molar-refractivity contribution in [1.82, 2.24) is 52.2 Å². The second kappa shape index (κ2) is 26.2. The maximum Gasteiger partial charge on any atom is 0.243 e. The zero-order valence-corrected chi connectivity index (χ0v) is 40.8. The molecule has 74 heavy (non-hydrogen) atoms. The van der Waals surface area contributed by atoms with E-state index in [2.05, 4.69) is 57.2 Å². The van der Waals surface area contributed by atoms with Crippen LogP contribution in [-0.2, 0) is 59.2 Å². The molecule has 21 heteroatoms. The molecule has 0 radical (unpaired) electrons. The standard InChI is InChI=1S/C53H62FN13O7/c54-37-17-14-32(15-18-37)25-43-51(73)64-41(12-7-23-60-53(55)56)49(71)66-44(27-36-29-61-40-11-4-3-10-39(36)40)48(70)59-22-6-5-21-58-46(68)20-19-42(50(72)67-45(52(74)65-43)28-38-30-57-31-62-38)63-47(69)26-33-13-16-34-8-1-2-9-35(34)24-33/h1-4,8-11,13-18,24,29-31,41-45,61H,5-7,12,19-23,25-28H2,(H,57,62)(H,58,68)(H,59,70)(H,63,69)(H,64,73)(H,65,74)(H,66,71)(H,67,72)(H4,55,56,60)/t41-,42-,43+,44-,45-/m0/s1. The summed E-state index contributed by atoms with van der Waals surface area (Å²) in [6, 6.07) is 19.5. The fraction of sp³-hybridized carbons (Fsp3) is 0.340. The second-order valence-corrected chi connectivity index (χ2v) is 18.2. The number of hydrogen-bond donors (Lipinski definition) is 11. The summed E-state index contributed by atoms with van der Waals surface area (Å²) in [6.07, 6.45) is 5.03. The molecule has 1 fully saturated rings. The zero-order chi connectivity index (χ0) is 52.4. The summed E-state index contributed by atoms with van der Waals surface area (Å²) >= 11 is 0. The Hall–Kier alpha value is -8.62. The van der Waals surface area contributed by atoms with Crippen molar-refractivity contribution in [2.75, 3.05) is 19.6 Å². The minimum absolute atomic E-state index is 0.00874. The monoisotopic (exact) mass is 1010 g/mol. The van der Waals surface area contributed by atoms with Crippen LogP contribution in [0.2, 0.25) is 0 Å². The number of nitrogens with zero attached hydrogens (tertiary/aromatic N) is 2. The van der Waals surface area contributed by atoms with Gasteiger partial charge in [0.25, 0.3) is 0 Å². The van der Waals surface area contributed by atoms with E-state index in [9.17, 15) is 38.0 Å². The van der Waals surface area contributed by atoms with Crippen molar-refractivity contribution in [2.45, 2.75) is 94.4 Å². The number of benzene rings is 4. The van der Waals surface area contributed by atoms with E-state index in [1.807, 2.05) is 66.7 Å². The third kappa shape index (κ3) is 15.7. The van der Waals surface area contributed by atoms with Gasteiger partial charge in [0.05, 0.1) is 12.7 Å². The van der Waals surface area contributed by atoms with Crippen molar-refractivity contribution in [2.24, 2.45) is 16.5 Å². The lowest BCUT2D eigenvalue weighted by molar-refractivity contribution is -0.135. The smallest absolute Gasteiger partial charge is 0.243 e. The summed E-state index contributed by atoms with van der Waals surface area (Å²) in [6.45, 7) is 0.531. The lowest BCUT2D eigenvalue weighted by Gasteiger charge is -2.27. The molecule has 1 saturated heterocycles. The highest BCUT2D eigenvalue weighted by Crippen LogP contribution is 2.20. The number of amides is 7. The van der Waals surface area contributed by atoms with E-state index in [0.717, 1.165) is 27.2 Å². The number of nitrogens with one attached hydrogen (secondary N) is 9. The average Bonchev–Trinajstić information content (AvgIpc) is 4.06. The van der Waals surface area contributed by atoms with E-state index in [1.54, 1.807) is 6.20 Å². The molecule has 13 N–H and O–H groups in total. The summed E-state index contributed by atoms with van der Waals surface area (Å²) in [4.78, 5) is 113. The minimum atomic E-state index is -1.43. The molecule has 3 heterocycles. The molecular formula is C53H62FN13O7. The maximum absolute atomic E-state index is 14.7. The Morgan fingerprint density at radius 2 is 1.34 bits per heavy atom. The van der Waals surface area contributed by atoms with Gasteiger partial charge in [0.2, 0.25) is 41.4 Å². The van der Waals surface area contributed by atoms with Gasteiger partial charge >= 0.3 is 0 Å². The zero-order valence-electron chi connectivity index (χ0n) is 40.8. The van der Waals surface area contributed by atoms with E-state index in [0.29, 0.717) is 29.7 Å². The van der Waals surface area contributed by atoms with Crippen LogP contribution in [-0.4, -0.2) is 112 Å². The summed E-state index contributed by atoms with van der Waals surface area (Å²) in [5, 5.41) is 22.4. The lowest BCUT2D eigenvalue weighted by atomic mass is 10.0. The third-order valence-electron chi connectivity index (χ3n) is 12.6. The summed E-state index contributed by atoms with van der Waals surface area (Å²) in [5.74, 6) is -5.27. The SMILES string of the molecule is NC(N)=NCCC[C@@H]1NC(=O)[C@@H](Cc2ccc(F)cc2)NC(=O)[C@H](Cc2cnc[nH]2)NC(=O)[C@@H](NC(=O)Cc2ccc3ccccc3c2)CCC(=O)NCCCCNC(=O)[C@H](Cc2c[nH]c3ccccc23)NC1=O. The van der Waals surface area contributed by atoms with Gasteiger partial charge in [-0.2, -0.15) is 0 Å². The molecule has 20 nitrogen and oxygen atoms in total. The van der Waals surface area contributed by atoms with Crippen LogP contribution in [0.25, 0.3) is 21.7 Å². The first-order chi connectivity index (χ1) is 35.8. The minimum Gasteiger partial charge on any atom is -0.370 e. The number of nitrogens with two attached hydrogens (primary N) is 2. The number of rotatable bonds is 13. The molecule has 0 saturated carbocycles. The normalized spacial score (nSPS) is 20.0. The van der Waals surface area contributed by atoms with Crippen molar-refractivity contribution in [3.05, 3.63) is 138 Å². The van der Waals surface area contributed by atoms with E-state index in [-0.39, 0.29) is 77.0 Å². The number of hydrogen-bond acceptors (Lipinski definition) is 9. The molecule has 6 aromatic rings. The van der Waals surface area contributed by atoms with E-state index in [4.69, 9.17) is 11.5 Å². The van der Waals surface area contributed by atoms with Gasteiger partial charge in [0.15, 0.2) is 5.96 Å². The molecule has 2 aromatic heterocycles. The maximum atomic E-state index is 14.7. The van der Waals surface area contributed by atoms with Crippen molar-refractivity contribution >= 4 is 69.0 Å². The van der Waals surface area contributed by atoms with Gasteiger partial charge in [-0.3, -0.25) is 38.6 Å². The third-order valence-corrected chi connectivity index (χ3v) is 12.6. The summed E-state index contributed by atoms with van der Waals surface area (Å²) in [7, 11) is 0. The number of aromatic nitrogens is 3. The molecule has 0 aliphatic carbocycles. The first-order valence-corrected chi connectivity index (χ1v) is 24.6. The Labute approximate surface area is 426 Å². The Balaban J connectivity index is 1.19. The quantitative estimate of drug-likeness (QED) is 0.0452. The highest BCUT2D eigenvalue weighted by atomic mass is 19.1. The van der Waals surface area contributed by atoms with E-state index >= 15 is 0 Å². The number of carbonyl (C=O) groups is 7. The highest BCUT2D eigenvalue weighted by molar-refractivity contribution is 5.97. The molecule has 0 unspecified atom stereocenters. The Kier molecular flexibility index (Phi) is 18.8. The van der Waals surface area contributed by atoms with Crippen LogP contribution in [0.5, 0.6) is 0 Å². The molecule has 388 valence electrons. The number of para-hydroxylation sites is 1. The highest BCUT2D eigenvalue weighted by Gasteiger charge is 2.34. The van der Waals surface area contributed by atoms with Crippen molar-refractivity contribution in [1.29, 1.82) is 0 Å². The van der Waals surface area contributed by atoms with Gasteiger partial charge in [-0.25, -0.2) is 9.37 Å². The first kappa shape index (κ1) is 53.2. The molecule has 7 rings (SSSR count). The molecule has 0 spiro atoms. The Bertz CT molecular complexity index is 2940. The van der Waals surface area contributed by atoms with Crippen LogP contribution in [0.4, 0.5) is 4.39 Å². The van der Waals surface area contributed by atoms with Gasteiger partial charge in [-0.1, -0.05) is 72.8 Å². The fourth-order valence-electron chi connectivity index (χ4n) is 8.71. The van der Waals surface area contributed by atoms with Crippen molar-refractivity contribution in [3.8, 4) is 0 Å². The molecule has 1 aliphatic rings. The molecule has 7 amide bonds.